The first-order valence-electron chi connectivity index (χ1n) is 8.40. The fourth-order valence-electron chi connectivity index (χ4n) is 2.88. The number of benzene rings is 1. The second kappa shape index (κ2) is 9.42. The number of guanidine groups is 1. The van der Waals surface area contributed by atoms with Crippen molar-refractivity contribution < 1.29 is 13.5 Å². The molecule has 134 valence electrons. The molecule has 0 aromatic heterocycles. The van der Waals surface area contributed by atoms with Crippen LogP contribution in [0.1, 0.15) is 19.8 Å². The second-order valence-corrected chi connectivity index (χ2v) is 5.73. The van der Waals surface area contributed by atoms with Crippen molar-refractivity contribution in [2.45, 2.75) is 25.8 Å². The highest BCUT2D eigenvalue weighted by atomic mass is 19.2. The van der Waals surface area contributed by atoms with Crippen LogP contribution in [-0.2, 0) is 0 Å². The molecule has 1 atom stereocenters. The predicted molar refractivity (Wildman–Crippen MR) is 91.5 cm³/mol. The number of halogens is 2. The van der Waals surface area contributed by atoms with Gasteiger partial charge in [0.05, 0.1) is 6.54 Å². The quantitative estimate of drug-likeness (QED) is 0.453. The van der Waals surface area contributed by atoms with E-state index < -0.39 is 11.6 Å². The van der Waals surface area contributed by atoms with Crippen LogP contribution >= 0.6 is 0 Å². The third-order valence-electron chi connectivity index (χ3n) is 4.19. The Bertz CT molecular complexity index is 553. The molecule has 0 amide bonds. The van der Waals surface area contributed by atoms with E-state index >= 15 is 0 Å². The summed E-state index contributed by atoms with van der Waals surface area (Å²) in [6.07, 6.45) is 2.45. The average Bonchev–Trinajstić information content (AvgIpc) is 3.05. The van der Waals surface area contributed by atoms with Gasteiger partial charge in [-0.1, -0.05) is 6.92 Å². The molecule has 2 rings (SSSR count). The number of aliphatic imine (C=N–C) groups is 1. The third kappa shape index (κ3) is 5.33. The zero-order valence-electron chi connectivity index (χ0n) is 14.3. The molecule has 24 heavy (non-hydrogen) atoms. The van der Waals surface area contributed by atoms with Crippen molar-refractivity contribution in [1.29, 1.82) is 0 Å². The van der Waals surface area contributed by atoms with Gasteiger partial charge in [-0.2, -0.15) is 0 Å². The van der Waals surface area contributed by atoms with Crippen molar-refractivity contribution in [2.24, 2.45) is 4.99 Å². The fourth-order valence-corrected chi connectivity index (χ4v) is 2.88. The predicted octanol–water partition coefficient (Wildman–Crippen LogP) is 1.99. The lowest BCUT2D eigenvalue weighted by Gasteiger charge is -2.24. The molecule has 1 aromatic rings. The maximum Gasteiger partial charge on any atom is 0.191 e. The Morgan fingerprint density at radius 1 is 1.33 bits per heavy atom. The molecule has 1 saturated heterocycles. The summed E-state index contributed by atoms with van der Waals surface area (Å²) in [5, 5.41) is 6.47. The SMILES string of the molecule is CCN1CCCC1CNC(=NC)NCCOc1ccc(F)c(F)c1. The van der Waals surface area contributed by atoms with Crippen LogP contribution in [0.15, 0.2) is 23.2 Å². The Labute approximate surface area is 142 Å². The van der Waals surface area contributed by atoms with E-state index in [0.717, 1.165) is 31.8 Å². The van der Waals surface area contributed by atoms with Gasteiger partial charge in [-0.3, -0.25) is 9.89 Å². The van der Waals surface area contributed by atoms with Gasteiger partial charge in [-0.05, 0) is 38.1 Å². The standard InChI is InChI=1S/C17H26F2N4O/c1-3-23-9-4-5-13(23)12-22-17(20-2)21-8-10-24-14-6-7-15(18)16(19)11-14/h6-7,11,13H,3-5,8-10,12H2,1-2H3,(H2,20,21,22). The summed E-state index contributed by atoms with van der Waals surface area (Å²) in [5.74, 6) is -0.761. The smallest absolute Gasteiger partial charge is 0.191 e. The van der Waals surface area contributed by atoms with Crippen LogP contribution in [0.2, 0.25) is 0 Å². The Morgan fingerprint density at radius 2 is 2.17 bits per heavy atom. The van der Waals surface area contributed by atoms with Crippen LogP contribution in [0.5, 0.6) is 5.75 Å². The summed E-state index contributed by atoms with van der Waals surface area (Å²) < 4.78 is 31.3. The van der Waals surface area contributed by atoms with Gasteiger partial charge in [0.2, 0.25) is 0 Å². The molecular weight excluding hydrogens is 314 g/mol. The molecule has 0 bridgehead atoms. The summed E-state index contributed by atoms with van der Waals surface area (Å²) in [5.41, 5.74) is 0. The van der Waals surface area contributed by atoms with Crippen LogP contribution in [0.4, 0.5) is 8.78 Å². The van der Waals surface area contributed by atoms with Gasteiger partial charge >= 0.3 is 0 Å². The molecule has 0 spiro atoms. The van der Waals surface area contributed by atoms with Crippen LogP contribution in [0.3, 0.4) is 0 Å². The lowest BCUT2D eigenvalue weighted by molar-refractivity contribution is 0.266. The summed E-state index contributed by atoms with van der Waals surface area (Å²) in [6, 6.07) is 4.05. The molecule has 1 aromatic carbocycles. The van der Waals surface area contributed by atoms with Gasteiger partial charge in [0.25, 0.3) is 0 Å². The van der Waals surface area contributed by atoms with Crippen molar-refractivity contribution in [1.82, 2.24) is 15.5 Å². The number of rotatable bonds is 7. The number of ether oxygens (including phenoxy) is 1. The minimum Gasteiger partial charge on any atom is -0.492 e. The first-order valence-corrected chi connectivity index (χ1v) is 8.40. The van der Waals surface area contributed by atoms with Crippen molar-refractivity contribution in [3.63, 3.8) is 0 Å². The van der Waals surface area contributed by atoms with Crippen LogP contribution in [0, 0.1) is 11.6 Å². The Hall–Kier alpha value is -1.89. The van der Waals surface area contributed by atoms with Crippen molar-refractivity contribution in [2.75, 3.05) is 39.8 Å². The highest BCUT2D eigenvalue weighted by Crippen LogP contribution is 2.16. The maximum absolute atomic E-state index is 13.1. The van der Waals surface area contributed by atoms with Gasteiger partial charge in [0, 0.05) is 25.7 Å². The van der Waals surface area contributed by atoms with Gasteiger partial charge in [0.1, 0.15) is 12.4 Å². The summed E-state index contributed by atoms with van der Waals surface area (Å²) in [4.78, 5) is 6.65. The average molecular weight is 340 g/mol. The van der Waals surface area contributed by atoms with Crippen molar-refractivity contribution >= 4 is 5.96 Å². The largest absolute Gasteiger partial charge is 0.492 e. The van der Waals surface area contributed by atoms with Gasteiger partial charge in [-0.15, -0.1) is 0 Å². The molecule has 7 heteroatoms. The van der Waals surface area contributed by atoms with E-state index in [2.05, 4.69) is 27.4 Å². The monoisotopic (exact) mass is 340 g/mol. The van der Waals surface area contributed by atoms with Gasteiger partial charge < -0.3 is 15.4 Å². The number of likely N-dealkylation sites (N-methyl/N-ethyl adjacent to an activating group) is 1. The zero-order chi connectivity index (χ0) is 17.4. The molecule has 1 aliphatic heterocycles. The van der Waals surface area contributed by atoms with Crippen molar-refractivity contribution in [3.05, 3.63) is 29.8 Å². The molecule has 0 radical (unpaired) electrons. The number of nitrogens with one attached hydrogen (secondary N) is 2. The third-order valence-corrected chi connectivity index (χ3v) is 4.19. The van der Waals surface area contributed by atoms with E-state index in [9.17, 15) is 8.78 Å². The second-order valence-electron chi connectivity index (χ2n) is 5.73. The fraction of sp³-hybridized carbons (Fsp3) is 0.588. The van der Waals surface area contributed by atoms with E-state index in [1.807, 2.05) is 0 Å². The Morgan fingerprint density at radius 3 is 2.88 bits per heavy atom. The molecule has 1 heterocycles. The van der Waals surface area contributed by atoms with Crippen molar-refractivity contribution in [3.8, 4) is 5.75 Å². The van der Waals surface area contributed by atoms with E-state index in [0.29, 0.717) is 30.9 Å². The number of hydrogen-bond donors (Lipinski definition) is 2. The lowest BCUT2D eigenvalue weighted by Crippen LogP contribution is -2.45. The van der Waals surface area contributed by atoms with Crippen LogP contribution < -0.4 is 15.4 Å². The minimum absolute atomic E-state index is 0.309. The summed E-state index contributed by atoms with van der Waals surface area (Å²) in [6.45, 7) is 6.12. The topological polar surface area (TPSA) is 48.9 Å². The zero-order valence-corrected chi connectivity index (χ0v) is 14.3. The molecule has 0 aliphatic carbocycles. The van der Waals surface area contributed by atoms with E-state index in [1.54, 1.807) is 7.05 Å². The minimum atomic E-state index is -0.907. The molecule has 1 fully saturated rings. The molecule has 5 nitrogen and oxygen atoms in total. The molecule has 1 aliphatic rings. The van der Waals surface area contributed by atoms with Gasteiger partial charge in [0.15, 0.2) is 17.6 Å². The van der Waals surface area contributed by atoms with E-state index in [1.165, 1.54) is 18.9 Å². The maximum atomic E-state index is 13.1. The molecule has 0 saturated carbocycles. The van der Waals surface area contributed by atoms with E-state index in [4.69, 9.17) is 4.74 Å². The molecule has 1 unspecified atom stereocenters. The highest BCUT2D eigenvalue weighted by molar-refractivity contribution is 5.79. The summed E-state index contributed by atoms with van der Waals surface area (Å²) in [7, 11) is 1.72. The Kier molecular flexibility index (Phi) is 7.24. The van der Waals surface area contributed by atoms with E-state index in [-0.39, 0.29) is 0 Å². The van der Waals surface area contributed by atoms with Crippen LogP contribution in [-0.4, -0.2) is 56.7 Å². The first kappa shape index (κ1) is 18.4. The van der Waals surface area contributed by atoms with Gasteiger partial charge in [-0.25, -0.2) is 8.78 Å². The number of nitrogens with zero attached hydrogens (tertiary/aromatic N) is 2. The lowest BCUT2D eigenvalue weighted by atomic mass is 10.2. The Balaban J connectivity index is 1.67. The normalized spacial score (nSPS) is 18.7. The molecule has 2 N–H and O–H groups in total. The number of likely N-dealkylation sites (tertiary alicyclic amines) is 1. The van der Waals surface area contributed by atoms with Crippen LogP contribution in [0.25, 0.3) is 0 Å². The molecular formula is C17H26F2N4O. The highest BCUT2D eigenvalue weighted by Gasteiger charge is 2.22. The number of hydrogen-bond acceptors (Lipinski definition) is 3. The first-order chi connectivity index (χ1) is 11.6. The summed E-state index contributed by atoms with van der Waals surface area (Å²) >= 11 is 0.